The molecule has 78 valence electrons. The van der Waals surface area contributed by atoms with Gasteiger partial charge in [-0.25, -0.2) is 0 Å². The summed E-state index contributed by atoms with van der Waals surface area (Å²) >= 11 is 5.82. The third kappa shape index (κ3) is 2.50. The lowest BCUT2D eigenvalue weighted by molar-refractivity contribution is -0.210. The Morgan fingerprint density at radius 3 is 2.31 bits per heavy atom. The third-order valence-electron chi connectivity index (χ3n) is 2.51. The van der Waals surface area contributed by atoms with Crippen LogP contribution in [0.1, 0.15) is 20.3 Å². The van der Waals surface area contributed by atoms with E-state index < -0.39 is 12.8 Å². The average Bonchev–Trinajstić information content (AvgIpc) is 1.95. The summed E-state index contributed by atoms with van der Waals surface area (Å²) in [4.78, 5) is 0. The second kappa shape index (κ2) is 3.31. The van der Waals surface area contributed by atoms with Crippen LogP contribution in [0.4, 0.5) is 13.2 Å². The van der Waals surface area contributed by atoms with Crippen molar-refractivity contribution >= 4 is 11.6 Å². The van der Waals surface area contributed by atoms with Crippen molar-refractivity contribution in [2.75, 3.05) is 6.61 Å². The van der Waals surface area contributed by atoms with Gasteiger partial charge in [0.1, 0.15) is 6.61 Å². The van der Waals surface area contributed by atoms with Crippen molar-refractivity contribution < 1.29 is 17.9 Å². The highest BCUT2D eigenvalue weighted by Crippen LogP contribution is 2.46. The van der Waals surface area contributed by atoms with Gasteiger partial charge in [-0.3, -0.25) is 0 Å². The quantitative estimate of drug-likeness (QED) is 0.645. The SMILES string of the molecule is CC1(C)C(Cl)CC1OCC(F)(F)F. The van der Waals surface area contributed by atoms with Crippen LogP contribution < -0.4 is 0 Å². The molecule has 1 fully saturated rings. The fourth-order valence-corrected chi connectivity index (χ4v) is 1.62. The molecule has 0 bridgehead atoms. The topological polar surface area (TPSA) is 9.23 Å². The van der Waals surface area contributed by atoms with E-state index in [4.69, 9.17) is 16.3 Å². The molecule has 2 atom stereocenters. The fraction of sp³-hybridized carbons (Fsp3) is 1.00. The zero-order valence-corrected chi connectivity index (χ0v) is 8.24. The molecule has 0 radical (unpaired) electrons. The molecule has 13 heavy (non-hydrogen) atoms. The number of hydrogen-bond acceptors (Lipinski definition) is 1. The standard InChI is InChI=1S/C8H12ClF3O/c1-7(2)5(9)3-6(7)13-4-8(10,11)12/h5-6H,3-4H2,1-2H3. The van der Waals surface area contributed by atoms with Crippen LogP contribution in [0, 0.1) is 5.41 Å². The summed E-state index contributed by atoms with van der Waals surface area (Å²) in [6, 6.07) is 0. The molecule has 0 heterocycles. The molecule has 0 aliphatic heterocycles. The van der Waals surface area contributed by atoms with E-state index in [0.717, 1.165) is 0 Å². The molecule has 1 rings (SSSR count). The van der Waals surface area contributed by atoms with Crippen molar-refractivity contribution in [3.63, 3.8) is 0 Å². The van der Waals surface area contributed by atoms with Crippen molar-refractivity contribution in [3.05, 3.63) is 0 Å². The van der Waals surface area contributed by atoms with E-state index in [0.29, 0.717) is 6.42 Å². The van der Waals surface area contributed by atoms with Gasteiger partial charge in [0.15, 0.2) is 0 Å². The molecule has 0 amide bonds. The van der Waals surface area contributed by atoms with Gasteiger partial charge in [-0.15, -0.1) is 11.6 Å². The maximum atomic E-state index is 11.8. The van der Waals surface area contributed by atoms with E-state index in [1.54, 1.807) is 0 Å². The summed E-state index contributed by atoms with van der Waals surface area (Å²) in [6.45, 7) is 2.45. The smallest absolute Gasteiger partial charge is 0.368 e. The number of halogens is 4. The monoisotopic (exact) mass is 216 g/mol. The number of alkyl halides is 4. The molecule has 0 spiro atoms. The summed E-state index contributed by atoms with van der Waals surface area (Å²) in [7, 11) is 0. The molecule has 1 saturated carbocycles. The lowest BCUT2D eigenvalue weighted by atomic mass is 9.68. The summed E-state index contributed by atoms with van der Waals surface area (Å²) in [5.74, 6) is 0. The van der Waals surface area contributed by atoms with Crippen molar-refractivity contribution in [3.8, 4) is 0 Å². The van der Waals surface area contributed by atoms with Crippen molar-refractivity contribution in [1.29, 1.82) is 0 Å². The van der Waals surface area contributed by atoms with Crippen molar-refractivity contribution in [1.82, 2.24) is 0 Å². The van der Waals surface area contributed by atoms with Crippen LogP contribution in [-0.4, -0.2) is 24.3 Å². The van der Waals surface area contributed by atoms with Gasteiger partial charge in [-0.2, -0.15) is 13.2 Å². The normalized spacial score (nSPS) is 32.8. The Bertz CT molecular complexity index is 190. The molecule has 0 saturated heterocycles. The molecular formula is C8H12ClF3O. The first-order chi connectivity index (χ1) is 5.73. The maximum Gasteiger partial charge on any atom is 0.411 e. The van der Waals surface area contributed by atoms with Crippen LogP contribution in [0.15, 0.2) is 0 Å². The van der Waals surface area contributed by atoms with Crippen LogP contribution in [0.2, 0.25) is 0 Å². The first-order valence-electron chi connectivity index (χ1n) is 4.06. The molecular weight excluding hydrogens is 205 g/mol. The molecule has 1 aliphatic carbocycles. The Hall–Kier alpha value is 0.0400. The van der Waals surface area contributed by atoms with Gasteiger partial charge >= 0.3 is 6.18 Å². The average molecular weight is 217 g/mol. The zero-order chi connectivity index (χ0) is 10.3. The second-order valence-corrected chi connectivity index (χ2v) is 4.47. The first kappa shape index (κ1) is 11.1. The summed E-state index contributed by atoms with van der Waals surface area (Å²) in [6.07, 6.45) is -4.10. The van der Waals surface area contributed by atoms with Crippen LogP contribution in [0.3, 0.4) is 0 Å². The van der Waals surface area contributed by atoms with E-state index in [2.05, 4.69) is 0 Å². The molecule has 2 unspecified atom stereocenters. The molecule has 0 aromatic rings. The Morgan fingerprint density at radius 2 is 2.00 bits per heavy atom. The van der Waals surface area contributed by atoms with E-state index in [1.165, 1.54) is 0 Å². The highest BCUT2D eigenvalue weighted by atomic mass is 35.5. The Balaban J connectivity index is 2.33. The summed E-state index contributed by atoms with van der Waals surface area (Å²) in [5.41, 5.74) is -0.340. The van der Waals surface area contributed by atoms with Gasteiger partial charge in [0.05, 0.1) is 6.10 Å². The highest BCUT2D eigenvalue weighted by Gasteiger charge is 2.49. The van der Waals surface area contributed by atoms with E-state index >= 15 is 0 Å². The Labute approximate surface area is 80.2 Å². The largest absolute Gasteiger partial charge is 0.411 e. The van der Waals surface area contributed by atoms with Crippen molar-refractivity contribution in [2.45, 2.75) is 37.9 Å². The minimum atomic E-state index is -4.24. The van der Waals surface area contributed by atoms with Crippen LogP contribution >= 0.6 is 11.6 Å². The number of hydrogen-bond donors (Lipinski definition) is 0. The molecule has 5 heteroatoms. The van der Waals surface area contributed by atoms with Gasteiger partial charge in [-0.1, -0.05) is 13.8 Å². The highest BCUT2D eigenvalue weighted by molar-refractivity contribution is 6.21. The Kier molecular flexibility index (Phi) is 2.83. The predicted molar refractivity (Wildman–Crippen MR) is 43.8 cm³/mol. The second-order valence-electron chi connectivity index (χ2n) is 3.94. The van der Waals surface area contributed by atoms with Gasteiger partial charge in [0, 0.05) is 10.8 Å². The van der Waals surface area contributed by atoms with Gasteiger partial charge < -0.3 is 4.74 Å². The lowest BCUT2D eigenvalue weighted by Gasteiger charge is -2.48. The van der Waals surface area contributed by atoms with Crippen LogP contribution in [0.5, 0.6) is 0 Å². The predicted octanol–water partition coefficient (Wildman–Crippen LogP) is 2.97. The van der Waals surface area contributed by atoms with Gasteiger partial charge in [-0.05, 0) is 6.42 Å². The fourth-order valence-electron chi connectivity index (χ4n) is 1.31. The molecule has 0 N–H and O–H groups in total. The number of ether oxygens (including phenoxy) is 1. The molecule has 1 nitrogen and oxygen atoms in total. The molecule has 0 aromatic heterocycles. The van der Waals surface area contributed by atoms with Crippen LogP contribution in [-0.2, 0) is 4.74 Å². The van der Waals surface area contributed by atoms with Gasteiger partial charge in [0.25, 0.3) is 0 Å². The minimum absolute atomic E-state index is 0.0780. The first-order valence-corrected chi connectivity index (χ1v) is 4.49. The number of rotatable bonds is 2. The Morgan fingerprint density at radius 1 is 1.46 bits per heavy atom. The van der Waals surface area contributed by atoms with E-state index in [1.807, 2.05) is 13.8 Å². The maximum absolute atomic E-state index is 11.8. The van der Waals surface area contributed by atoms with E-state index in [-0.39, 0.29) is 16.9 Å². The zero-order valence-electron chi connectivity index (χ0n) is 7.49. The minimum Gasteiger partial charge on any atom is -0.368 e. The van der Waals surface area contributed by atoms with E-state index in [9.17, 15) is 13.2 Å². The van der Waals surface area contributed by atoms with Crippen molar-refractivity contribution in [2.24, 2.45) is 5.41 Å². The third-order valence-corrected chi connectivity index (χ3v) is 3.25. The lowest BCUT2D eigenvalue weighted by Crippen LogP contribution is -2.52. The summed E-state index contributed by atoms with van der Waals surface area (Å²) in [5, 5.41) is -0.0780. The molecule has 1 aliphatic rings. The summed E-state index contributed by atoms with van der Waals surface area (Å²) < 4.78 is 40.0. The molecule has 0 aromatic carbocycles. The van der Waals surface area contributed by atoms with Gasteiger partial charge in [0.2, 0.25) is 0 Å². The van der Waals surface area contributed by atoms with Crippen LogP contribution in [0.25, 0.3) is 0 Å².